The number of benzene rings is 4. The number of rotatable bonds is 7. The molecule has 35 heavy (non-hydrogen) atoms. The van der Waals surface area contributed by atoms with E-state index < -0.39 is 0 Å². The van der Waals surface area contributed by atoms with E-state index >= 15 is 0 Å². The Morgan fingerprint density at radius 2 is 1.46 bits per heavy atom. The van der Waals surface area contributed by atoms with Crippen molar-refractivity contribution in [3.8, 4) is 0 Å². The highest BCUT2D eigenvalue weighted by atomic mass is 16.5. The lowest BCUT2D eigenvalue weighted by molar-refractivity contribution is 0.0211. The number of hydrogen-bond donors (Lipinski definition) is 0. The molecule has 0 aliphatic heterocycles. The molecule has 0 heterocycles. The Morgan fingerprint density at radius 3 is 2.23 bits per heavy atom. The van der Waals surface area contributed by atoms with Crippen LogP contribution in [0.25, 0.3) is 22.4 Å². The SMILES string of the molecule is O=C(OC1CCCCC1)c1ccc2ccccc2c1/C(=C\c1ccccc1)CCc1ccccc1. The van der Waals surface area contributed by atoms with Crippen molar-refractivity contribution < 1.29 is 9.53 Å². The minimum atomic E-state index is -0.198. The van der Waals surface area contributed by atoms with Gasteiger partial charge in [-0.05, 0) is 77.6 Å². The molecule has 0 unspecified atom stereocenters. The number of carbonyl (C=O) groups is 1. The maximum absolute atomic E-state index is 13.6. The highest BCUT2D eigenvalue weighted by Crippen LogP contribution is 2.34. The number of hydrogen-bond acceptors (Lipinski definition) is 2. The predicted octanol–water partition coefficient (Wildman–Crippen LogP) is 8.50. The van der Waals surface area contributed by atoms with Gasteiger partial charge in [0, 0.05) is 0 Å². The molecule has 0 saturated heterocycles. The molecule has 0 amide bonds. The minimum absolute atomic E-state index is 0.0291. The molecular formula is C33H32O2. The molecule has 2 heteroatoms. The molecule has 1 saturated carbocycles. The molecule has 0 spiro atoms. The molecule has 0 aromatic heterocycles. The van der Waals surface area contributed by atoms with Crippen molar-refractivity contribution in [1.82, 2.24) is 0 Å². The predicted molar refractivity (Wildman–Crippen MR) is 145 cm³/mol. The van der Waals surface area contributed by atoms with E-state index in [1.165, 1.54) is 12.0 Å². The summed E-state index contributed by atoms with van der Waals surface area (Å²) in [5.41, 5.74) is 5.26. The molecule has 5 rings (SSSR count). The number of aryl methyl sites for hydroxylation is 1. The summed E-state index contributed by atoms with van der Waals surface area (Å²) in [6.07, 6.45) is 9.45. The quantitative estimate of drug-likeness (QED) is 0.204. The van der Waals surface area contributed by atoms with Gasteiger partial charge in [0.15, 0.2) is 0 Å². The van der Waals surface area contributed by atoms with Crippen LogP contribution >= 0.6 is 0 Å². The third-order valence-electron chi connectivity index (χ3n) is 6.96. The number of esters is 1. The molecule has 0 bridgehead atoms. The lowest BCUT2D eigenvalue weighted by atomic mass is 9.88. The smallest absolute Gasteiger partial charge is 0.339 e. The zero-order valence-electron chi connectivity index (χ0n) is 20.2. The first-order valence-corrected chi connectivity index (χ1v) is 12.8. The van der Waals surface area contributed by atoms with Gasteiger partial charge in [0.1, 0.15) is 6.10 Å². The van der Waals surface area contributed by atoms with Gasteiger partial charge in [0.05, 0.1) is 5.56 Å². The summed E-state index contributed by atoms with van der Waals surface area (Å²) in [5, 5.41) is 2.23. The third kappa shape index (κ3) is 5.71. The van der Waals surface area contributed by atoms with Crippen LogP contribution in [0.3, 0.4) is 0 Å². The second-order valence-electron chi connectivity index (χ2n) is 9.44. The molecule has 4 aromatic carbocycles. The van der Waals surface area contributed by atoms with E-state index in [1.54, 1.807) is 0 Å². The fraction of sp³-hybridized carbons (Fsp3) is 0.242. The van der Waals surface area contributed by atoms with Crippen molar-refractivity contribution >= 4 is 28.4 Å². The van der Waals surface area contributed by atoms with Crippen molar-refractivity contribution in [2.75, 3.05) is 0 Å². The maximum Gasteiger partial charge on any atom is 0.339 e. The fourth-order valence-electron chi connectivity index (χ4n) is 5.13. The molecular weight excluding hydrogens is 428 g/mol. The van der Waals surface area contributed by atoms with Crippen molar-refractivity contribution in [2.24, 2.45) is 0 Å². The molecule has 1 fully saturated rings. The summed E-state index contributed by atoms with van der Waals surface area (Å²) in [6, 6.07) is 33.3. The van der Waals surface area contributed by atoms with Crippen LogP contribution in [0.2, 0.25) is 0 Å². The van der Waals surface area contributed by atoms with Crippen LogP contribution in [0.1, 0.15) is 65.6 Å². The first-order chi connectivity index (χ1) is 17.3. The molecule has 0 atom stereocenters. The fourth-order valence-corrected chi connectivity index (χ4v) is 5.13. The van der Waals surface area contributed by atoms with Gasteiger partial charge in [0.25, 0.3) is 0 Å². The maximum atomic E-state index is 13.6. The van der Waals surface area contributed by atoms with Gasteiger partial charge >= 0.3 is 5.97 Å². The van der Waals surface area contributed by atoms with Crippen molar-refractivity contribution in [1.29, 1.82) is 0 Å². The summed E-state index contributed by atoms with van der Waals surface area (Å²) in [6.45, 7) is 0. The van der Waals surface area contributed by atoms with Crippen LogP contribution in [0, 0.1) is 0 Å². The molecule has 176 valence electrons. The zero-order chi connectivity index (χ0) is 23.9. The topological polar surface area (TPSA) is 26.3 Å². The van der Waals surface area contributed by atoms with Crippen LogP contribution < -0.4 is 0 Å². The molecule has 0 N–H and O–H groups in total. The van der Waals surface area contributed by atoms with Gasteiger partial charge in [-0.3, -0.25) is 0 Å². The van der Waals surface area contributed by atoms with Crippen LogP contribution in [0.15, 0.2) is 97.1 Å². The zero-order valence-corrected chi connectivity index (χ0v) is 20.2. The molecule has 4 aromatic rings. The van der Waals surface area contributed by atoms with Crippen LogP contribution in [-0.4, -0.2) is 12.1 Å². The molecule has 1 aliphatic carbocycles. The van der Waals surface area contributed by atoms with Crippen molar-refractivity contribution in [2.45, 2.75) is 51.0 Å². The summed E-state index contributed by atoms with van der Waals surface area (Å²) >= 11 is 0. The van der Waals surface area contributed by atoms with E-state index in [9.17, 15) is 4.79 Å². The lowest BCUT2D eigenvalue weighted by Crippen LogP contribution is -2.21. The second-order valence-corrected chi connectivity index (χ2v) is 9.44. The van der Waals surface area contributed by atoms with E-state index in [0.29, 0.717) is 5.56 Å². The normalized spacial score (nSPS) is 14.7. The Hall–Kier alpha value is -3.65. The Kier molecular flexibility index (Phi) is 7.38. The number of carbonyl (C=O) groups excluding carboxylic acids is 1. The van der Waals surface area contributed by atoms with E-state index in [2.05, 4.69) is 78.9 Å². The largest absolute Gasteiger partial charge is 0.459 e. The monoisotopic (exact) mass is 460 g/mol. The van der Waals surface area contributed by atoms with Crippen LogP contribution in [0.5, 0.6) is 0 Å². The van der Waals surface area contributed by atoms with Crippen molar-refractivity contribution in [3.63, 3.8) is 0 Å². The summed E-state index contributed by atoms with van der Waals surface area (Å²) in [4.78, 5) is 13.6. The Morgan fingerprint density at radius 1 is 0.771 bits per heavy atom. The van der Waals surface area contributed by atoms with Crippen LogP contribution in [-0.2, 0) is 11.2 Å². The van der Waals surface area contributed by atoms with Gasteiger partial charge < -0.3 is 4.74 Å². The first kappa shape index (κ1) is 23.1. The van der Waals surface area contributed by atoms with Gasteiger partial charge in [-0.15, -0.1) is 0 Å². The van der Waals surface area contributed by atoms with Crippen LogP contribution in [0.4, 0.5) is 0 Å². The van der Waals surface area contributed by atoms with E-state index in [4.69, 9.17) is 4.74 Å². The molecule has 2 nitrogen and oxygen atoms in total. The number of fused-ring (bicyclic) bond motifs is 1. The van der Waals surface area contributed by atoms with Gasteiger partial charge in [-0.2, -0.15) is 0 Å². The second kappa shape index (κ2) is 11.2. The lowest BCUT2D eigenvalue weighted by Gasteiger charge is -2.23. The van der Waals surface area contributed by atoms with Gasteiger partial charge in [-0.1, -0.05) is 103 Å². The van der Waals surface area contributed by atoms with E-state index in [1.807, 2.05) is 24.3 Å². The highest BCUT2D eigenvalue weighted by molar-refractivity contribution is 6.07. The summed E-state index contributed by atoms with van der Waals surface area (Å²) < 4.78 is 6.06. The van der Waals surface area contributed by atoms with Crippen molar-refractivity contribution in [3.05, 3.63) is 119 Å². The summed E-state index contributed by atoms with van der Waals surface area (Å²) in [5.74, 6) is -0.198. The van der Waals surface area contributed by atoms with E-state index in [0.717, 1.165) is 66.0 Å². The average molecular weight is 461 g/mol. The minimum Gasteiger partial charge on any atom is -0.459 e. The molecule has 1 aliphatic rings. The Bertz CT molecular complexity index is 1300. The highest BCUT2D eigenvalue weighted by Gasteiger charge is 2.23. The van der Waals surface area contributed by atoms with Gasteiger partial charge in [-0.25, -0.2) is 4.79 Å². The first-order valence-electron chi connectivity index (χ1n) is 12.8. The van der Waals surface area contributed by atoms with E-state index in [-0.39, 0.29) is 12.1 Å². The standard InChI is InChI=1S/C33H32O2/c34-33(35-29-17-8-3-9-18-29)31-23-22-27-16-10-11-19-30(27)32(31)28(24-26-14-6-2-7-15-26)21-20-25-12-4-1-5-13-25/h1-2,4-7,10-16,19,22-24,29H,3,8-9,17-18,20-21H2/b28-24-. The summed E-state index contributed by atoms with van der Waals surface area (Å²) in [7, 11) is 0. The molecule has 0 radical (unpaired) electrons. The number of allylic oxidation sites excluding steroid dienone is 1. The Labute approximate surface area is 208 Å². The van der Waals surface area contributed by atoms with Gasteiger partial charge in [0.2, 0.25) is 0 Å². The Balaban J connectivity index is 1.59. The average Bonchev–Trinajstić information content (AvgIpc) is 2.92. The number of ether oxygens (including phenoxy) is 1. The third-order valence-corrected chi connectivity index (χ3v) is 6.96.